The van der Waals surface area contributed by atoms with E-state index >= 15 is 0 Å². The van der Waals surface area contributed by atoms with Crippen LogP contribution in [0.3, 0.4) is 0 Å². The van der Waals surface area contributed by atoms with Gasteiger partial charge in [-0.15, -0.1) is 11.8 Å². The average Bonchev–Trinajstić information content (AvgIpc) is 2.37. The van der Waals surface area contributed by atoms with Crippen LogP contribution in [0.15, 0.2) is 0 Å². The molecule has 1 aliphatic carbocycles. The minimum atomic E-state index is -0.156. The first-order chi connectivity index (χ1) is 8.71. The van der Waals surface area contributed by atoms with Gasteiger partial charge in [-0.2, -0.15) is 5.26 Å². The summed E-state index contributed by atoms with van der Waals surface area (Å²) in [7, 11) is 0. The molecule has 3 unspecified atom stereocenters. The van der Waals surface area contributed by atoms with Crippen molar-refractivity contribution in [3.63, 3.8) is 0 Å². The molecule has 1 aliphatic rings. The number of ether oxygens (including phenoxy) is 1. The molecule has 0 aliphatic heterocycles. The lowest BCUT2D eigenvalue weighted by atomic mass is 9.80. The van der Waals surface area contributed by atoms with E-state index in [1.807, 2.05) is 6.92 Å². The van der Waals surface area contributed by atoms with E-state index in [1.165, 1.54) is 19.3 Å². The summed E-state index contributed by atoms with van der Waals surface area (Å²) in [6, 6.07) is 2.40. The third kappa shape index (κ3) is 4.89. The van der Waals surface area contributed by atoms with Crippen molar-refractivity contribution in [1.82, 2.24) is 0 Å². The lowest BCUT2D eigenvalue weighted by Gasteiger charge is -2.32. The predicted molar refractivity (Wildman–Crippen MR) is 74.2 cm³/mol. The van der Waals surface area contributed by atoms with Gasteiger partial charge in [-0.05, 0) is 32.1 Å². The first-order valence-electron chi connectivity index (χ1n) is 6.88. The van der Waals surface area contributed by atoms with Crippen LogP contribution in [0.2, 0.25) is 0 Å². The van der Waals surface area contributed by atoms with Crippen LogP contribution in [-0.2, 0) is 9.53 Å². The topological polar surface area (TPSA) is 50.1 Å². The van der Waals surface area contributed by atoms with Crippen molar-refractivity contribution in [2.45, 2.75) is 51.2 Å². The van der Waals surface area contributed by atoms with Crippen molar-refractivity contribution in [1.29, 1.82) is 5.26 Å². The molecule has 3 nitrogen and oxygen atoms in total. The number of nitrogens with zero attached hydrogens (tertiary/aromatic N) is 1. The average molecular weight is 269 g/mol. The van der Waals surface area contributed by atoms with Crippen LogP contribution in [0.1, 0.15) is 46.0 Å². The molecule has 3 atom stereocenters. The zero-order valence-electron chi connectivity index (χ0n) is 11.4. The molecule has 0 N–H and O–H groups in total. The summed E-state index contributed by atoms with van der Waals surface area (Å²) >= 11 is 1.61. The summed E-state index contributed by atoms with van der Waals surface area (Å²) in [5.74, 6) is 1.07. The van der Waals surface area contributed by atoms with Gasteiger partial charge in [0.2, 0.25) is 0 Å². The first kappa shape index (κ1) is 15.4. The number of hydrogen-bond acceptors (Lipinski definition) is 4. The Bertz CT molecular complexity index is 301. The fraction of sp³-hybridized carbons (Fsp3) is 0.857. The molecule has 0 saturated heterocycles. The minimum Gasteiger partial charge on any atom is -0.465 e. The van der Waals surface area contributed by atoms with Crippen LogP contribution < -0.4 is 0 Å². The predicted octanol–water partition coefficient (Wildman–Crippen LogP) is 3.39. The number of hydrogen-bond donors (Lipinski definition) is 0. The molecule has 4 heteroatoms. The van der Waals surface area contributed by atoms with Crippen LogP contribution in [-0.4, -0.2) is 23.6 Å². The molecular formula is C14H23NO2S. The van der Waals surface area contributed by atoms with Crippen LogP contribution in [0.25, 0.3) is 0 Å². The number of carbonyl (C=O) groups is 1. The maximum Gasteiger partial charge on any atom is 0.315 e. The molecule has 1 saturated carbocycles. The minimum absolute atomic E-state index is 0.109. The second kappa shape index (κ2) is 8.42. The molecule has 0 heterocycles. The molecule has 0 spiro atoms. The molecule has 1 rings (SSSR count). The Morgan fingerprint density at radius 3 is 2.83 bits per heavy atom. The van der Waals surface area contributed by atoms with E-state index in [4.69, 9.17) is 10.00 Å². The monoisotopic (exact) mass is 269 g/mol. The molecule has 0 radical (unpaired) electrons. The molecule has 102 valence electrons. The van der Waals surface area contributed by atoms with Gasteiger partial charge in [0.05, 0.1) is 24.3 Å². The van der Waals surface area contributed by atoms with E-state index in [-0.39, 0.29) is 11.9 Å². The van der Waals surface area contributed by atoms with Crippen LogP contribution in [0.4, 0.5) is 0 Å². The quantitative estimate of drug-likeness (QED) is 0.693. The molecule has 0 aromatic carbocycles. The number of nitriles is 1. The molecule has 18 heavy (non-hydrogen) atoms. The number of thioether (sulfide) groups is 1. The van der Waals surface area contributed by atoms with E-state index in [2.05, 4.69) is 13.0 Å². The molecule has 0 bridgehead atoms. The Balaban J connectivity index is 2.43. The zero-order chi connectivity index (χ0) is 13.4. The second-order valence-corrected chi connectivity index (χ2v) is 6.09. The Labute approximate surface area is 114 Å². The number of esters is 1. The summed E-state index contributed by atoms with van der Waals surface area (Å²) in [6.45, 7) is 4.46. The normalized spacial score (nSPS) is 27.5. The zero-order valence-corrected chi connectivity index (χ0v) is 12.2. The summed E-state index contributed by atoms with van der Waals surface area (Å²) in [4.78, 5) is 11.4. The smallest absolute Gasteiger partial charge is 0.315 e. The van der Waals surface area contributed by atoms with Crippen molar-refractivity contribution < 1.29 is 9.53 Å². The summed E-state index contributed by atoms with van der Waals surface area (Å²) in [6.07, 6.45) is 5.69. The molecular weight excluding hydrogens is 246 g/mol. The number of rotatable bonds is 6. The van der Waals surface area contributed by atoms with Gasteiger partial charge >= 0.3 is 5.97 Å². The molecule has 0 aromatic rings. The first-order valence-corrected chi connectivity index (χ1v) is 7.92. The fourth-order valence-electron chi connectivity index (χ4n) is 2.59. The van der Waals surface area contributed by atoms with Gasteiger partial charge in [-0.25, -0.2) is 0 Å². The summed E-state index contributed by atoms with van der Waals surface area (Å²) < 4.78 is 4.93. The third-order valence-electron chi connectivity index (χ3n) is 3.48. The van der Waals surface area contributed by atoms with Crippen molar-refractivity contribution in [2.24, 2.45) is 11.8 Å². The highest BCUT2D eigenvalue weighted by Gasteiger charge is 2.30. The van der Waals surface area contributed by atoms with Crippen LogP contribution in [0, 0.1) is 23.2 Å². The molecule has 0 amide bonds. The molecule has 0 aromatic heterocycles. The largest absolute Gasteiger partial charge is 0.465 e. The van der Waals surface area contributed by atoms with Gasteiger partial charge in [-0.1, -0.05) is 19.8 Å². The Morgan fingerprint density at radius 2 is 2.22 bits per heavy atom. The van der Waals surface area contributed by atoms with E-state index in [9.17, 15) is 4.79 Å². The van der Waals surface area contributed by atoms with Crippen molar-refractivity contribution in [3.8, 4) is 6.07 Å². The van der Waals surface area contributed by atoms with Crippen molar-refractivity contribution >= 4 is 17.7 Å². The van der Waals surface area contributed by atoms with Crippen molar-refractivity contribution in [3.05, 3.63) is 0 Å². The summed E-state index contributed by atoms with van der Waals surface area (Å²) in [5.41, 5.74) is 0. The van der Waals surface area contributed by atoms with Crippen LogP contribution in [0.5, 0.6) is 0 Å². The van der Waals surface area contributed by atoms with Gasteiger partial charge in [0, 0.05) is 5.25 Å². The van der Waals surface area contributed by atoms with E-state index in [1.54, 1.807) is 11.8 Å². The second-order valence-electron chi connectivity index (χ2n) is 4.86. The van der Waals surface area contributed by atoms with Crippen LogP contribution >= 0.6 is 11.8 Å². The SMILES string of the molecule is CCCC1CCC(C#N)C(SCC(=O)OCC)C1. The highest BCUT2D eigenvalue weighted by Crippen LogP contribution is 2.38. The Hall–Kier alpha value is -0.690. The van der Waals surface area contributed by atoms with Gasteiger partial charge in [0.15, 0.2) is 0 Å². The molecule has 1 fully saturated rings. The Morgan fingerprint density at radius 1 is 1.44 bits per heavy atom. The fourth-order valence-corrected chi connectivity index (χ4v) is 3.86. The van der Waals surface area contributed by atoms with E-state index in [0.717, 1.165) is 18.8 Å². The highest BCUT2D eigenvalue weighted by atomic mass is 32.2. The highest BCUT2D eigenvalue weighted by molar-refractivity contribution is 8.00. The van der Waals surface area contributed by atoms with Gasteiger partial charge in [0.25, 0.3) is 0 Å². The van der Waals surface area contributed by atoms with Gasteiger partial charge in [-0.3, -0.25) is 4.79 Å². The third-order valence-corrected chi connectivity index (χ3v) is 4.84. The maximum atomic E-state index is 11.4. The van der Waals surface area contributed by atoms with Crippen molar-refractivity contribution in [2.75, 3.05) is 12.4 Å². The lowest BCUT2D eigenvalue weighted by Crippen LogP contribution is -2.27. The summed E-state index contributed by atoms with van der Waals surface area (Å²) in [5, 5.41) is 9.48. The van der Waals surface area contributed by atoms with Gasteiger partial charge < -0.3 is 4.74 Å². The van der Waals surface area contributed by atoms with Gasteiger partial charge in [0.1, 0.15) is 0 Å². The Kier molecular flexibility index (Phi) is 7.19. The maximum absolute atomic E-state index is 11.4. The number of carbonyl (C=O) groups excluding carboxylic acids is 1. The van der Waals surface area contributed by atoms with E-state index < -0.39 is 0 Å². The lowest BCUT2D eigenvalue weighted by molar-refractivity contribution is -0.139. The van der Waals surface area contributed by atoms with E-state index in [0.29, 0.717) is 17.6 Å². The standard InChI is InChI=1S/C14H23NO2S/c1-3-5-11-6-7-12(9-15)13(8-11)18-10-14(16)17-4-2/h11-13H,3-8,10H2,1-2H3.